The van der Waals surface area contributed by atoms with Gasteiger partial charge in [0, 0.05) is 19.5 Å². The van der Waals surface area contributed by atoms with Crippen molar-refractivity contribution in [1.29, 1.82) is 0 Å². The van der Waals surface area contributed by atoms with Crippen LogP contribution in [0.1, 0.15) is 42.0 Å². The highest BCUT2D eigenvalue weighted by Gasteiger charge is 2.35. The summed E-state index contributed by atoms with van der Waals surface area (Å²) in [7, 11) is 1.61. The molecule has 2 amide bonds. The molecule has 1 atom stereocenters. The molecule has 1 aromatic heterocycles. The van der Waals surface area contributed by atoms with E-state index in [1.54, 1.807) is 28.7 Å². The van der Waals surface area contributed by atoms with E-state index in [9.17, 15) is 19.2 Å². The smallest absolute Gasteiger partial charge is 0.309 e. The third kappa shape index (κ3) is 8.31. The number of carbonyl (C=O) groups is 3. The molecular formula is C45H41N5O6S. The van der Waals surface area contributed by atoms with Gasteiger partial charge in [0.25, 0.3) is 11.5 Å². The molecule has 8 rings (SSSR count). The van der Waals surface area contributed by atoms with Crippen molar-refractivity contribution < 1.29 is 23.9 Å². The van der Waals surface area contributed by atoms with Crippen LogP contribution in [0.4, 0.5) is 0 Å². The number of rotatable bonds is 11. The number of nitrogens with zero attached hydrogens (tertiary/aromatic N) is 5. The maximum Gasteiger partial charge on any atom is 0.309 e. The number of piperidine rings is 1. The highest BCUT2D eigenvalue weighted by atomic mass is 32.2. The maximum atomic E-state index is 13.7. The van der Waals surface area contributed by atoms with E-state index >= 15 is 0 Å². The number of fused-ring (bicyclic) bond motifs is 2. The third-order valence-electron chi connectivity index (χ3n) is 10.6. The molecule has 0 saturated carbocycles. The lowest BCUT2D eigenvalue weighted by molar-refractivity contribution is -0.158. The van der Waals surface area contributed by atoms with Gasteiger partial charge in [-0.05, 0) is 70.6 Å². The summed E-state index contributed by atoms with van der Waals surface area (Å²) >= 11 is 1.24. The molecule has 11 nitrogen and oxygen atoms in total. The molecular weight excluding hydrogens is 739 g/mol. The van der Waals surface area contributed by atoms with E-state index in [0.29, 0.717) is 60.7 Å². The van der Waals surface area contributed by atoms with Crippen LogP contribution in [-0.4, -0.2) is 75.5 Å². The summed E-state index contributed by atoms with van der Waals surface area (Å²) in [6.07, 6.45) is 1.33. The minimum Gasteiger partial charge on any atom is -0.497 e. The Morgan fingerprint density at radius 1 is 0.807 bits per heavy atom. The van der Waals surface area contributed by atoms with Crippen LogP contribution >= 0.6 is 11.8 Å². The van der Waals surface area contributed by atoms with Crippen LogP contribution < -0.4 is 10.3 Å². The van der Waals surface area contributed by atoms with E-state index in [2.05, 4.69) is 12.1 Å². The molecule has 0 bridgehead atoms. The Morgan fingerprint density at radius 2 is 1.53 bits per heavy atom. The fraction of sp³-hybridized carbons (Fsp3) is 0.244. The number of hydrogen-bond acceptors (Lipinski definition) is 9. The molecule has 1 unspecified atom stereocenters. The fourth-order valence-electron chi connectivity index (χ4n) is 7.43. The number of benzene rings is 5. The number of amides is 2. The average Bonchev–Trinajstić information content (AvgIpc) is 3.72. The van der Waals surface area contributed by atoms with Crippen LogP contribution in [0.25, 0.3) is 21.7 Å². The summed E-state index contributed by atoms with van der Waals surface area (Å²) in [5.74, 6) is -0.630. The number of methoxy groups -OCH3 is 1. The monoisotopic (exact) mass is 779 g/mol. The minimum absolute atomic E-state index is 0.0933. The molecule has 0 N–H and O–H groups in total. The molecule has 2 aliphatic rings. The summed E-state index contributed by atoms with van der Waals surface area (Å²) in [6.45, 7) is 0.640. The lowest BCUT2D eigenvalue weighted by atomic mass is 9.96. The van der Waals surface area contributed by atoms with Crippen LogP contribution in [0.2, 0.25) is 0 Å². The van der Waals surface area contributed by atoms with Crippen molar-refractivity contribution in [2.45, 2.75) is 37.0 Å². The number of carbonyl (C=O) groups excluding carboxylic acids is 3. The van der Waals surface area contributed by atoms with Crippen molar-refractivity contribution in [2.24, 2.45) is 11.0 Å². The van der Waals surface area contributed by atoms with Gasteiger partial charge in [-0.1, -0.05) is 103 Å². The molecule has 0 spiro atoms. The van der Waals surface area contributed by atoms with E-state index in [1.807, 2.05) is 97.1 Å². The number of aromatic nitrogens is 2. The molecule has 5 aromatic carbocycles. The number of thioether (sulfide) groups is 1. The third-order valence-corrected chi connectivity index (χ3v) is 11.6. The molecule has 3 heterocycles. The number of para-hydroxylation sites is 1. The second-order valence-corrected chi connectivity index (χ2v) is 15.1. The first-order valence-electron chi connectivity index (χ1n) is 19.0. The molecule has 2 aliphatic heterocycles. The van der Waals surface area contributed by atoms with Crippen molar-refractivity contribution in [1.82, 2.24) is 19.5 Å². The quantitative estimate of drug-likeness (QED) is 0.0795. The number of hydrogen-bond donors (Lipinski definition) is 0. The molecule has 6 aromatic rings. The van der Waals surface area contributed by atoms with E-state index in [1.165, 1.54) is 16.8 Å². The zero-order valence-corrected chi connectivity index (χ0v) is 32.3. The Kier molecular flexibility index (Phi) is 11.1. The number of esters is 1. The Bertz CT molecular complexity index is 2530. The van der Waals surface area contributed by atoms with Gasteiger partial charge in [-0.25, -0.2) is 9.99 Å². The first-order chi connectivity index (χ1) is 27.8. The van der Waals surface area contributed by atoms with Crippen molar-refractivity contribution in [3.63, 3.8) is 0 Å². The standard InChI is InChI=1S/C45H41N5O6S/c1-55-36-19-17-32(18-20-36)40-26-39(35-16-15-31-11-5-6-12-34(31)25-35)47-50(40)41(51)28-56-44(54)33-21-23-48(24-22-33)42(52)29-57-45-46-38-14-8-7-13-37(38)43(53)49(45)27-30-9-3-2-4-10-30/h2-20,25,33,40H,21-24,26-29H2,1H3. The number of ether oxygens (including phenoxy) is 2. The van der Waals surface area contributed by atoms with Crippen LogP contribution in [0.15, 0.2) is 136 Å². The van der Waals surface area contributed by atoms with E-state index in [4.69, 9.17) is 19.6 Å². The van der Waals surface area contributed by atoms with Gasteiger partial charge in [0.05, 0.1) is 48.0 Å². The normalized spacial score (nSPS) is 15.8. The fourth-order valence-corrected chi connectivity index (χ4v) is 8.33. The summed E-state index contributed by atoms with van der Waals surface area (Å²) < 4.78 is 12.6. The number of likely N-dealkylation sites (tertiary alicyclic amines) is 1. The van der Waals surface area contributed by atoms with Crippen LogP contribution in [0.3, 0.4) is 0 Å². The van der Waals surface area contributed by atoms with E-state index in [0.717, 1.165) is 33.2 Å². The lowest BCUT2D eigenvalue weighted by Gasteiger charge is -2.31. The second kappa shape index (κ2) is 16.8. The topological polar surface area (TPSA) is 123 Å². The molecule has 288 valence electrons. The summed E-state index contributed by atoms with van der Waals surface area (Å²) in [6, 6.07) is 38.3. The zero-order valence-electron chi connectivity index (χ0n) is 31.5. The van der Waals surface area contributed by atoms with E-state index in [-0.39, 0.29) is 23.3 Å². The van der Waals surface area contributed by atoms with E-state index < -0.39 is 24.4 Å². The highest BCUT2D eigenvalue weighted by molar-refractivity contribution is 7.99. The van der Waals surface area contributed by atoms with Gasteiger partial charge in [0.2, 0.25) is 5.91 Å². The first kappa shape index (κ1) is 37.6. The van der Waals surface area contributed by atoms with Gasteiger partial charge in [0.1, 0.15) is 5.75 Å². The van der Waals surface area contributed by atoms with Crippen LogP contribution in [0, 0.1) is 5.92 Å². The molecule has 1 fully saturated rings. The van der Waals surface area contributed by atoms with Gasteiger partial charge in [-0.15, -0.1) is 0 Å². The Labute approximate surface area is 333 Å². The predicted molar refractivity (Wildman–Crippen MR) is 220 cm³/mol. The van der Waals surface area contributed by atoms with Crippen molar-refractivity contribution in [2.75, 3.05) is 32.6 Å². The Morgan fingerprint density at radius 3 is 2.30 bits per heavy atom. The van der Waals surface area contributed by atoms with Crippen LogP contribution in [-0.2, 0) is 25.7 Å². The van der Waals surface area contributed by atoms with Gasteiger partial charge >= 0.3 is 5.97 Å². The van der Waals surface area contributed by atoms with Gasteiger partial charge < -0.3 is 14.4 Å². The summed E-state index contributed by atoms with van der Waals surface area (Å²) in [5.41, 5.74) is 3.97. The molecule has 12 heteroatoms. The van der Waals surface area contributed by atoms with Crippen molar-refractivity contribution in [3.05, 3.63) is 148 Å². The van der Waals surface area contributed by atoms with Crippen molar-refractivity contribution in [3.8, 4) is 5.75 Å². The summed E-state index contributed by atoms with van der Waals surface area (Å²) in [5, 5.41) is 9.40. The largest absolute Gasteiger partial charge is 0.497 e. The highest BCUT2D eigenvalue weighted by Crippen LogP contribution is 2.34. The van der Waals surface area contributed by atoms with Gasteiger partial charge in [0.15, 0.2) is 11.8 Å². The van der Waals surface area contributed by atoms with Crippen molar-refractivity contribution >= 4 is 56.9 Å². The van der Waals surface area contributed by atoms with Crippen LogP contribution in [0.5, 0.6) is 5.75 Å². The maximum absolute atomic E-state index is 13.7. The SMILES string of the molecule is COc1ccc(C2CC(c3ccc4ccccc4c3)=NN2C(=O)COC(=O)C2CCN(C(=O)CSc3nc4ccccc4c(=O)n3Cc3ccccc3)CC2)cc1. The average molecular weight is 780 g/mol. The molecule has 0 radical (unpaired) electrons. The predicted octanol–water partition coefficient (Wildman–Crippen LogP) is 6.86. The second-order valence-electron chi connectivity index (χ2n) is 14.2. The summed E-state index contributed by atoms with van der Waals surface area (Å²) in [4.78, 5) is 60.4. The Hall–Kier alpha value is -6.27. The lowest BCUT2D eigenvalue weighted by Crippen LogP contribution is -2.42. The first-order valence-corrected chi connectivity index (χ1v) is 20.0. The van der Waals surface area contributed by atoms with Gasteiger partial charge in [-0.3, -0.25) is 23.7 Å². The number of hydrazone groups is 1. The van der Waals surface area contributed by atoms with Gasteiger partial charge in [-0.2, -0.15) is 5.10 Å². The molecule has 0 aliphatic carbocycles. The molecule has 1 saturated heterocycles. The minimum atomic E-state index is -0.464. The zero-order chi connectivity index (χ0) is 39.3. The Balaban J connectivity index is 0.885. The molecule has 57 heavy (non-hydrogen) atoms.